The Morgan fingerprint density at radius 3 is 2.38 bits per heavy atom. The van der Waals surface area contributed by atoms with Crippen LogP contribution in [-0.2, 0) is 0 Å². The lowest BCUT2D eigenvalue weighted by molar-refractivity contribution is 0.294. The molecule has 0 aromatic rings. The zero-order valence-electron chi connectivity index (χ0n) is 4.56. The summed E-state index contributed by atoms with van der Waals surface area (Å²) in [4.78, 5) is 0. The van der Waals surface area contributed by atoms with Gasteiger partial charge >= 0.3 is 0 Å². The zero-order chi connectivity index (χ0) is 5.54. The van der Waals surface area contributed by atoms with Crippen molar-refractivity contribution in [3.63, 3.8) is 0 Å². The van der Waals surface area contributed by atoms with Crippen LogP contribution in [0, 0.1) is 0 Å². The fourth-order valence-electron chi connectivity index (χ4n) is 0.271. The van der Waals surface area contributed by atoms with Crippen LogP contribution < -0.4 is 5.32 Å². The molecule has 0 spiro atoms. The molecule has 8 heavy (non-hydrogen) atoms. The van der Waals surface area contributed by atoms with E-state index in [1.165, 1.54) is 0 Å². The molecule has 0 aromatic heterocycles. The largest absolute Gasteiger partial charge is 0.395 e. The third kappa shape index (κ3) is 9.99. The first kappa shape index (κ1) is 11.6. The molecule has 4 heteroatoms. The van der Waals surface area contributed by atoms with Crippen LogP contribution in [0.5, 0.6) is 0 Å². The van der Waals surface area contributed by atoms with Crippen molar-refractivity contribution in [3.05, 3.63) is 0 Å². The van der Waals surface area contributed by atoms with E-state index in [1.807, 2.05) is 0 Å². The van der Waals surface area contributed by atoms with E-state index in [9.17, 15) is 0 Å². The minimum atomic E-state index is 0. The van der Waals surface area contributed by atoms with E-state index in [0.717, 1.165) is 11.9 Å². The Balaban J connectivity index is 0. The monoisotopic (exact) mass is 247 g/mol. The van der Waals surface area contributed by atoms with Gasteiger partial charge < -0.3 is 10.4 Å². The maximum absolute atomic E-state index is 8.22. The highest BCUT2D eigenvalue weighted by Crippen LogP contribution is 1.72. The van der Waals surface area contributed by atoms with Crippen molar-refractivity contribution in [2.45, 2.75) is 0 Å². The van der Waals surface area contributed by atoms with Gasteiger partial charge in [0.1, 0.15) is 0 Å². The van der Waals surface area contributed by atoms with Crippen LogP contribution in [0.15, 0.2) is 0 Å². The van der Waals surface area contributed by atoms with Gasteiger partial charge in [0.05, 0.1) is 6.61 Å². The van der Waals surface area contributed by atoms with Gasteiger partial charge in [0.2, 0.25) is 0 Å². The van der Waals surface area contributed by atoms with Gasteiger partial charge in [-0.3, -0.25) is 0 Å². The normalized spacial score (nSPS) is 8.25. The van der Waals surface area contributed by atoms with Gasteiger partial charge in [-0.15, -0.1) is 17.0 Å². The van der Waals surface area contributed by atoms with Crippen LogP contribution in [0.2, 0.25) is 0 Å². The number of rotatable bonds is 4. The van der Waals surface area contributed by atoms with Crippen molar-refractivity contribution in [2.75, 3.05) is 25.0 Å². The summed E-state index contributed by atoms with van der Waals surface area (Å²) in [5.41, 5.74) is 0. The molecule has 0 saturated heterocycles. The average molecular weight is 249 g/mol. The molecule has 0 amide bonds. The Morgan fingerprint density at radius 1 is 1.38 bits per heavy atom. The molecule has 0 aliphatic heterocycles. The van der Waals surface area contributed by atoms with Gasteiger partial charge in [-0.1, -0.05) is 15.9 Å². The average Bonchev–Trinajstić information content (AvgIpc) is 1.69. The summed E-state index contributed by atoms with van der Waals surface area (Å²) in [6.45, 7) is 1.86. The van der Waals surface area contributed by atoms with Crippen molar-refractivity contribution in [1.82, 2.24) is 5.32 Å². The van der Waals surface area contributed by atoms with Gasteiger partial charge in [0.25, 0.3) is 0 Å². The molecular weight excluding hydrogens is 238 g/mol. The zero-order valence-corrected chi connectivity index (χ0v) is 7.86. The Labute approximate surface area is 68.6 Å². The van der Waals surface area contributed by atoms with E-state index in [0.29, 0.717) is 6.54 Å². The fraction of sp³-hybridized carbons (Fsp3) is 1.00. The number of halogens is 2. The van der Waals surface area contributed by atoms with Crippen LogP contribution in [0.1, 0.15) is 0 Å². The molecule has 0 aliphatic rings. The SMILES string of the molecule is Br.OCCNCCBr. The molecule has 0 unspecified atom stereocenters. The minimum absolute atomic E-state index is 0. The summed E-state index contributed by atoms with van der Waals surface area (Å²) in [6.07, 6.45) is 0. The highest BCUT2D eigenvalue weighted by molar-refractivity contribution is 9.09. The number of hydrogen-bond donors (Lipinski definition) is 2. The quantitative estimate of drug-likeness (QED) is 0.563. The van der Waals surface area contributed by atoms with Gasteiger partial charge in [-0.2, -0.15) is 0 Å². The summed E-state index contributed by atoms with van der Waals surface area (Å²) >= 11 is 3.24. The lowest BCUT2D eigenvalue weighted by atomic mass is 10.6. The fourth-order valence-corrected chi connectivity index (χ4v) is 0.551. The number of nitrogens with one attached hydrogen (secondary N) is 1. The topological polar surface area (TPSA) is 32.3 Å². The van der Waals surface area contributed by atoms with Crippen LogP contribution in [-0.4, -0.2) is 30.1 Å². The third-order valence-corrected chi connectivity index (χ3v) is 0.956. The van der Waals surface area contributed by atoms with Crippen LogP contribution in [0.25, 0.3) is 0 Å². The van der Waals surface area contributed by atoms with E-state index in [-0.39, 0.29) is 23.6 Å². The van der Waals surface area contributed by atoms with Crippen LogP contribution in [0.4, 0.5) is 0 Å². The number of hydrogen-bond acceptors (Lipinski definition) is 2. The van der Waals surface area contributed by atoms with Crippen LogP contribution in [0.3, 0.4) is 0 Å². The Bertz CT molecular complexity index is 33.2. The summed E-state index contributed by atoms with van der Waals surface area (Å²) in [7, 11) is 0. The first-order valence-electron chi connectivity index (χ1n) is 2.29. The van der Waals surface area contributed by atoms with Crippen molar-refractivity contribution in [2.24, 2.45) is 0 Å². The number of alkyl halides is 1. The molecule has 0 heterocycles. The molecule has 0 radical (unpaired) electrons. The van der Waals surface area contributed by atoms with E-state index in [2.05, 4.69) is 21.2 Å². The van der Waals surface area contributed by atoms with Gasteiger partial charge in [-0.25, -0.2) is 0 Å². The predicted molar refractivity (Wildman–Crippen MR) is 44.1 cm³/mol. The maximum Gasteiger partial charge on any atom is 0.0555 e. The molecule has 52 valence electrons. The maximum atomic E-state index is 8.22. The molecule has 0 atom stereocenters. The highest BCUT2D eigenvalue weighted by atomic mass is 79.9. The lowest BCUT2D eigenvalue weighted by Crippen LogP contribution is -2.19. The third-order valence-electron chi connectivity index (χ3n) is 0.560. The van der Waals surface area contributed by atoms with E-state index >= 15 is 0 Å². The molecule has 2 N–H and O–H groups in total. The standard InChI is InChI=1S/C4H10BrNO.BrH/c5-1-2-6-3-4-7;/h6-7H,1-4H2;1H. The molecular formula is C4H11Br2NO. The molecule has 0 fully saturated rings. The summed E-state index contributed by atoms with van der Waals surface area (Å²) < 4.78 is 0. The van der Waals surface area contributed by atoms with Crippen molar-refractivity contribution < 1.29 is 5.11 Å². The second-order valence-electron chi connectivity index (χ2n) is 1.16. The second-order valence-corrected chi connectivity index (χ2v) is 1.96. The second kappa shape index (κ2) is 10.8. The lowest BCUT2D eigenvalue weighted by Gasteiger charge is -1.94. The Morgan fingerprint density at radius 2 is 2.00 bits per heavy atom. The van der Waals surface area contributed by atoms with E-state index in [1.54, 1.807) is 0 Å². The molecule has 0 rings (SSSR count). The summed E-state index contributed by atoms with van der Waals surface area (Å²) in [5, 5.41) is 12.2. The Kier molecular flexibility index (Phi) is 15.7. The van der Waals surface area contributed by atoms with Crippen LogP contribution >= 0.6 is 32.9 Å². The first-order valence-corrected chi connectivity index (χ1v) is 3.41. The summed E-state index contributed by atoms with van der Waals surface area (Å²) in [5.74, 6) is 0. The summed E-state index contributed by atoms with van der Waals surface area (Å²) in [6, 6.07) is 0. The van der Waals surface area contributed by atoms with Crippen molar-refractivity contribution in [3.8, 4) is 0 Å². The first-order chi connectivity index (χ1) is 3.41. The smallest absolute Gasteiger partial charge is 0.0555 e. The van der Waals surface area contributed by atoms with Gasteiger partial charge in [0, 0.05) is 18.4 Å². The van der Waals surface area contributed by atoms with Gasteiger partial charge in [-0.05, 0) is 0 Å². The predicted octanol–water partition coefficient (Wildman–Crippen LogP) is 0.541. The number of aliphatic hydroxyl groups is 1. The molecule has 0 aliphatic carbocycles. The minimum Gasteiger partial charge on any atom is -0.395 e. The molecule has 0 bridgehead atoms. The number of aliphatic hydroxyl groups excluding tert-OH is 1. The molecule has 0 aromatic carbocycles. The Hall–Kier alpha value is 0.880. The highest BCUT2D eigenvalue weighted by Gasteiger charge is 1.78. The van der Waals surface area contributed by atoms with E-state index < -0.39 is 0 Å². The van der Waals surface area contributed by atoms with Gasteiger partial charge in [0.15, 0.2) is 0 Å². The van der Waals surface area contributed by atoms with E-state index in [4.69, 9.17) is 5.11 Å². The molecule has 2 nitrogen and oxygen atoms in total. The molecule has 0 saturated carbocycles. The van der Waals surface area contributed by atoms with Crippen molar-refractivity contribution >= 4 is 32.9 Å². The van der Waals surface area contributed by atoms with Crippen molar-refractivity contribution in [1.29, 1.82) is 0 Å².